The SMILES string of the molecule is CC[C@H](c1ccc(OC)cc1)N(CC)C(=O)c1cccc(-n2cnnc2)c1. The van der Waals surface area contributed by atoms with E-state index in [1.807, 2.05) is 60.4 Å². The summed E-state index contributed by atoms with van der Waals surface area (Å²) in [5.74, 6) is 0.819. The zero-order valence-corrected chi connectivity index (χ0v) is 15.9. The summed E-state index contributed by atoms with van der Waals surface area (Å²) in [6.07, 6.45) is 4.07. The van der Waals surface area contributed by atoms with Gasteiger partial charge in [-0.25, -0.2) is 0 Å². The van der Waals surface area contributed by atoms with Gasteiger partial charge < -0.3 is 9.64 Å². The number of rotatable bonds is 7. The number of benzene rings is 2. The molecule has 2 aromatic carbocycles. The first kappa shape index (κ1) is 18.6. The largest absolute Gasteiger partial charge is 0.497 e. The fraction of sp³-hybridized carbons (Fsp3) is 0.286. The van der Waals surface area contributed by atoms with Gasteiger partial charge in [0.05, 0.1) is 13.2 Å². The zero-order valence-electron chi connectivity index (χ0n) is 15.9. The van der Waals surface area contributed by atoms with Crippen LogP contribution in [0.5, 0.6) is 5.75 Å². The molecule has 3 aromatic rings. The summed E-state index contributed by atoms with van der Waals surface area (Å²) in [5, 5.41) is 7.65. The normalized spacial score (nSPS) is 11.8. The van der Waals surface area contributed by atoms with Crippen molar-refractivity contribution in [2.24, 2.45) is 0 Å². The van der Waals surface area contributed by atoms with Crippen molar-refractivity contribution in [3.63, 3.8) is 0 Å². The van der Waals surface area contributed by atoms with E-state index < -0.39 is 0 Å². The van der Waals surface area contributed by atoms with Crippen LogP contribution in [0.4, 0.5) is 0 Å². The Kier molecular flexibility index (Phi) is 5.86. The fourth-order valence-electron chi connectivity index (χ4n) is 3.27. The van der Waals surface area contributed by atoms with E-state index >= 15 is 0 Å². The molecule has 140 valence electrons. The second-order valence-electron chi connectivity index (χ2n) is 6.21. The number of aromatic nitrogens is 3. The Balaban J connectivity index is 1.89. The molecule has 1 atom stereocenters. The lowest BCUT2D eigenvalue weighted by molar-refractivity contribution is 0.0682. The van der Waals surface area contributed by atoms with Crippen LogP contribution in [0.2, 0.25) is 0 Å². The van der Waals surface area contributed by atoms with Crippen LogP contribution in [0, 0.1) is 0 Å². The van der Waals surface area contributed by atoms with Crippen LogP contribution < -0.4 is 4.74 Å². The molecule has 1 heterocycles. The summed E-state index contributed by atoms with van der Waals surface area (Å²) in [6.45, 7) is 4.73. The summed E-state index contributed by atoms with van der Waals surface area (Å²) >= 11 is 0. The van der Waals surface area contributed by atoms with Crippen molar-refractivity contribution in [1.29, 1.82) is 0 Å². The second-order valence-corrected chi connectivity index (χ2v) is 6.21. The van der Waals surface area contributed by atoms with E-state index in [-0.39, 0.29) is 11.9 Å². The first-order valence-electron chi connectivity index (χ1n) is 9.07. The van der Waals surface area contributed by atoms with Gasteiger partial charge in [0, 0.05) is 17.8 Å². The lowest BCUT2D eigenvalue weighted by Crippen LogP contribution is -2.34. The Labute approximate surface area is 159 Å². The van der Waals surface area contributed by atoms with Gasteiger partial charge in [-0.1, -0.05) is 25.1 Å². The molecule has 0 saturated heterocycles. The number of carbonyl (C=O) groups is 1. The van der Waals surface area contributed by atoms with Gasteiger partial charge >= 0.3 is 0 Å². The van der Waals surface area contributed by atoms with E-state index in [1.54, 1.807) is 24.3 Å². The molecule has 1 amide bonds. The molecule has 0 aliphatic rings. The first-order chi connectivity index (χ1) is 13.2. The minimum Gasteiger partial charge on any atom is -0.497 e. The highest BCUT2D eigenvalue weighted by Crippen LogP contribution is 2.27. The predicted molar refractivity (Wildman–Crippen MR) is 104 cm³/mol. The van der Waals surface area contributed by atoms with Gasteiger partial charge in [-0.05, 0) is 49.2 Å². The van der Waals surface area contributed by atoms with Crippen LogP contribution in [0.25, 0.3) is 5.69 Å². The molecular formula is C21H24N4O2. The Morgan fingerprint density at radius 1 is 1.11 bits per heavy atom. The van der Waals surface area contributed by atoms with Gasteiger partial charge in [0.2, 0.25) is 0 Å². The van der Waals surface area contributed by atoms with Crippen molar-refractivity contribution in [2.45, 2.75) is 26.3 Å². The maximum absolute atomic E-state index is 13.3. The number of hydrogen-bond acceptors (Lipinski definition) is 4. The second kappa shape index (κ2) is 8.49. The number of hydrogen-bond donors (Lipinski definition) is 0. The third-order valence-electron chi connectivity index (χ3n) is 4.68. The van der Waals surface area contributed by atoms with Crippen LogP contribution in [0.3, 0.4) is 0 Å². The van der Waals surface area contributed by atoms with E-state index in [2.05, 4.69) is 17.1 Å². The van der Waals surface area contributed by atoms with Crippen molar-refractivity contribution in [3.05, 3.63) is 72.3 Å². The van der Waals surface area contributed by atoms with Crippen LogP contribution in [-0.2, 0) is 0 Å². The Morgan fingerprint density at radius 2 is 1.81 bits per heavy atom. The number of carbonyl (C=O) groups excluding carboxylic acids is 1. The number of nitrogens with zero attached hydrogens (tertiary/aromatic N) is 4. The van der Waals surface area contributed by atoms with Gasteiger partial charge in [0.15, 0.2) is 0 Å². The monoisotopic (exact) mass is 364 g/mol. The minimum atomic E-state index is 0.00646. The smallest absolute Gasteiger partial charge is 0.254 e. The topological polar surface area (TPSA) is 60.2 Å². The van der Waals surface area contributed by atoms with Crippen molar-refractivity contribution in [2.75, 3.05) is 13.7 Å². The van der Waals surface area contributed by atoms with Crippen LogP contribution in [0.15, 0.2) is 61.2 Å². The Morgan fingerprint density at radius 3 is 2.41 bits per heavy atom. The van der Waals surface area contributed by atoms with Crippen LogP contribution in [0.1, 0.15) is 42.2 Å². The maximum Gasteiger partial charge on any atom is 0.254 e. The molecule has 1 aromatic heterocycles. The van der Waals surface area contributed by atoms with E-state index in [9.17, 15) is 4.79 Å². The molecule has 6 heteroatoms. The predicted octanol–water partition coefficient (Wildman–Crippen LogP) is 3.89. The average molecular weight is 364 g/mol. The molecule has 27 heavy (non-hydrogen) atoms. The molecule has 0 aliphatic carbocycles. The molecule has 0 spiro atoms. The van der Waals surface area contributed by atoms with Crippen molar-refractivity contribution in [1.82, 2.24) is 19.7 Å². The highest BCUT2D eigenvalue weighted by molar-refractivity contribution is 5.95. The van der Waals surface area contributed by atoms with E-state index in [1.165, 1.54) is 0 Å². The average Bonchev–Trinajstić information content (AvgIpc) is 3.26. The standard InChI is InChI=1S/C21H24N4O2/c1-4-20(16-9-11-19(27-3)12-10-16)25(5-2)21(26)17-7-6-8-18(13-17)24-14-22-23-15-24/h6-15,20H,4-5H2,1-3H3/t20-/m1/s1. The molecule has 6 nitrogen and oxygen atoms in total. The molecule has 0 radical (unpaired) electrons. The van der Waals surface area contributed by atoms with E-state index in [0.29, 0.717) is 12.1 Å². The third kappa shape index (κ3) is 4.00. The summed E-state index contributed by atoms with van der Waals surface area (Å²) in [7, 11) is 1.65. The van der Waals surface area contributed by atoms with Crippen LogP contribution >= 0.6 is 0 Å². The maximum atomic E-state index is 13.3. The van der Waals surface area contributed by atoms with Gasteiger partial charge in [-0.15, -0.1) is 10.2 Å². The molecule has 0 N–H and O–H groups in total. The first-order valence-corrected chi connectivity index (χ1v) is 9.07. The molecular weight excluding hydrogens is 340 g/mol. The summed E-state index contributed by atoms with van der Waals surface area (Å²) < 4.78 is 7.03. The summed E-state index contributed by atoms with van der Waals surface area (Å²) in [4.78, 5) is 15.2. The number of amides is 1. The molecule has 0 bridgehead atoms. The fourth-order valence-corrected chi connectivity index (χ4v) is 3.27. The van der Waals surface area contributed by atoms with E-state index in [4.69, 9.17) is 4.74 Å². The third-order valence-corrected chi connectivity index (χ3v) is 4.68. The van der Waals surface area contributed by atoms with Crippen LogP contribution in [-0.4, -0.2) is 39.2 Å². The van der Waals surface area contributed by atoms with Gasteiger partial charge in [0.1, 0.15) is 18.4 Å². The number of ether oxygens (including phenoxy) is 1. The van der Waals surface area contributed by atoms with Gasteiger partial charge in [-0.3, -0.25) is 9.36 Å². The lowest BCUT2D eigenvalue weighted by atomic mass is 10.0. The molecule has 0 aliphatic heterocycles. The van der Waals surface area contributed by atoms with Gasteiger partial charge in [0.25, 0.3) is 5.91 Å². The Hall–Kier alpha value is -3.15. The number of methoxy groups -OCH3 is 1. The molecule has 0 unspecified atom stereocenters. The minimum absolute atomic E-state index is 0.00646. The molecule has 3 rings (SSSR count). The van der Waals surface area contributed by atoms with Crippen molar-refractivity contribution in [3.8, 4) is 11.4 Å². The molecule has 0 saturated carbocycles. The highest BCUT2D eigenvalue weighted by atomic mass is 16.5. The van der Waals surface area contributed by atoms with E-state index in [0.717, 1.165) is 23.4 Å². The van der Waals surface area contributed by atoms with Gasteiger partial charge in [-0.2, -0.15) is 0 Å². The highest BCUT2D eigenvalue weighted by Gasteiger charge is 2.24. The lowest BCUT2D eigenvalue weighted by Gasteiger charge is -2.31. The summed E-state index contributed by atoms with van der Waals surface area (Å²) in [5.41, 5.74) is 2.61. The summed E-state index contributed by atoms with van der Waals surface area (Å²) in [6, 6.07) is 15.4. The Bertz CT molecular complexity index is 875. The molecule has 0 fully saturated rings. The van der Waals surface area contributed by atoms with Crippen molar-refractivity contribution >= 4 is 5.91 Å². The quantitative estimate of drug-likeness (QED) is 0.638. The van der Waals surface area contributed by atoms with Crippen molar-refractivity contribution < 1.29 is 9.53 Å². The zero-order chi connectivity index (χ0) is 19.2.